The van der Waals surface area contributed by atoms with Crippen molar-refractivity contribution in [3.63, 3.8) is 0 Å². The van der Waals surface area contributed by atoms with E-state index < -0.39 is 23.6 Å². The molecule has 0 spiro atoms. The van der Waals surface area contributed by atoms with Crippen molar-refractivity contribution < 1.29 is 43.7 Å². The molecule has 1 fully saturated rings. The molecule has 11 nitrogen and oxygen atoms in total. The zero-order valence-corrected chi connectivity index (χ0v) is 18.2. The number of piperidine rings is 1. The van der Waals surface area contributed by atoms with Crippen LogP contribution in [0.25, 0.3) is 0 Å². The monoisotopic (exact) mass is 456 g/mol. The third kappa shape index (κ3) is 7.97. The van der Waals surface area contributed by atoms with Gasteiger partial charge in [-0.15, -0.1) is 0 Å². The molecule has 2 rings (SSSR count). The van der Waals surface area contributed by atoms with Gasteiger partial charge in [0.25, 0.3) is 11.8 Å². The van der Waals surface area contributed by atoms with Crippen molar-refractivity contribution in [2.45, 2.75) is 57.2 Å². The van der Waals surface area contributed by atoms with Crippen molar-refractivity contribution in [3.05, 3.63) is 12.2 Å². The first-order chi connectivity index (χ1) is 15.4. The summed E-state index contributed by atoms with van der Waals surface area (Å²) in [5.74, 6) is -3.37. The summed E-state index contributed by atoms with van der Waals surface area (Å²) in [7, 11) is 0. The maximum atomic E-state index is 12.5. The van der Waals surface area contributed by atoms with E-state index in [1.54, 1.807) is 4.90 Å². The Morgan fingerprint density at radius 3 is 1.91 bits per heavy atom. The van der Waals surface area contributed by atoms with E-state index in [2.05, 4.69) is 0 Å². The summed E-state index contributed by atoms with van der Waals surface area (Å²) in [5.41, 5.74) is 0. The topological polar surface area (TPSA) is 143 Å². The lowest BCUT2D eigenvalue weighted by atomic mass is 10.0. The zero-order chi connectivity index (χ0) is 23.4. The van der Waals surface area contributed by atoms with E-state index in [0.29, 0.717) is 69.9 Å². The van der Waals surface area contributed by atoms with Gasteiger partial charge >= 0.3 is 5.97 Å². The molecular weight excluding hydrogens is 424 g/mol. The lowest BCUT2D eigenvalue weighted by molar-refractivity contribution is -0.257. The van der Waals surface area contributed by atoms with Crippen molar-refractivity contribution in [1.82, 2.24) is 9.96 Å². The smallest absolute Gasteiger partial charge is 0.333 e. The first-order valence-corrected chi connectivity index (χ1v) is 10.9. The number of hydroxylamine groups is 2. The molecule has 0 aliphatic carbocycles. The number of aliphatic hydroxyl groups is 2. The summed E-state index contributed by atoms with van der Waals surface area (Å²) >= 11 is 0. The van der Waals surface area contributed by atoms with Crippen LogP contribution in [0.1, 0.15) is 51.4 Å². The van der Waals surface area contributed by atoms with Gasteiger partial charge in [-0.05, 0) is 25.7 Å². The van der Waals surface area contributed by atoms with Gasteiger partial charge in [-0.3, -0.25) is 14.4 Å². The number of nitrogens with zero attached hydrogens (tertiary/aromatic N) is 2. The molecule has 2 aliphatic rings. The summed E-state index contributed by atoms with van der Waals surface area (Å²) < 4.78 is 12.0. The fourth-order valence-electron chi connectivity index (χ4n) is 3.36. The molecule has 0 aromatic rings. The number of unbranched alkanes of at least 4 members (excludes halogenated alkanes) is 2. The average Bonchev–Trinajstić information content (AvgIpc) is 3.10. The number of ether oxygens (including phenoxy) is 2. The Hall–Kier alpha value is -2.34. The van der Waals surface area contributed by atoms with Gasteiger partial charge < -0.3 is 29.4 Å². The highest BCUT2D eigenvalue weighted by molar-refractivity contribution is 6.12. The van der Waals surface area contributed by atoms with E-state index in [1.807, 2.05) is 0 Å². The Morgan fingerprint density at radius 2 is 1.41 bits per heavy atom. The number of hydrogen-bond donors (Lipinski definition) is 2. The van der Waals surface area contributed by atoms with Gasteiger partial charge in [-0.25, -0.2) is 4.79 Å². The largest absolute Gasteiger partial charge is 0.396 e. The van der Waals surface area contributed by atoms with Crippen LogP contribution in [0.5, 0.6) is 0 Å². The van der Waals surface area contributed by atoms with E-state index in [0.717, 1.165) is 12.2 Å². The molecule has 0 saturated carbocycles. The van der Waals surface area contributed by atoms with Crippen molar-refractivity contribution in [2.24, 2.45) is 0 Å². The Labute approximate surface area is 186 Å². The molecule has 0 bridgehead atoms. The van der Waals surface area contributed by atoms with Crippen molar-refractivity contribution in [3.8, 4) is 0 Å². The predicted octanol–water partition coefficient (Wildman–Crippen LogP) is 0.0467. The minimum atomic E-state index is -0.838. The number of carbonyl (C=O) groups excluding carboxylic acids is 4. The maximum absolute atomic E-state index is 12.5. The van der Waals surface area contributed by atoms with E-state index in [1.165, 1.54) is 0 Å². The Kier molecular flexibility index (Phi) is 10.7. The zero-order valence-electron chi connectivity index (χ0n) is 18.2. The van der Waals surface area contributed by atoms with E-state index in [4.69, 9.17) is 24.5 Å². The fourth-order valence-corrected chi connectivity index (χ4v) is 3.36. The Balaban J connectivity index is 1.77. The van der Waals surface area contributed by atoms with Crippen LogP contribution in [-0.4, -0.2) is 89.2 Å². The highest BCUT2D eigenvalue weighted by atomic mass is 16.7. The molecule has 2 N–H and O–H groups in total. The van der Waals surface area contributed by atoms with Gasteiger partial charge in [0.1, 0.15) is 0 Å². The Morgan fingerprint density at radius 1 is 0.875 bits per heavy atom. The van der Waals surface area contributed by atoms with Gasteiger partial charge in [0.2, 0.25) is 5.91 Å². The molecule has 2 aliphatic heterocycles. The third-order valence-electron chi connectivity index (χ3n) is 5.22. The molecule has 0 aromatic heterocycles. The highest BCUT2D eigenvalue weighted by Crippen LogP contribution is 2.29. The lowest BCUT2D eigenvalue weighted by Gasteiger charge is -2.41. The van der Waals surface area contributed by atoms with Crippen LogP contribution in [0, 0.1) is 0 Å². The molecule has 11 heteroatoms. The van der Waals surface area contributed by atoms with Crippen LogP contribution in [0.4, 0.5) is 0 Å². The van der Waals surface area contributed by atoms with Crippen molar-refractivity contribution in [1.29, 1.82) is 0 Å². The number of amides is 3. The molecular formula is C21H32N2O9. The predicted molar refractivity (Wildman–Crippen MR) is 109 cm³/mol. The standard InChI is InChI=1S/C21H32N2O9/c24-13-1-3-15-30-21(31-16-4-2-14-25)9-11-22(12-10-21)17(26)7-8-20(29)32-23-18(27)5-6-19(23)28/h5-6,24-25H,1-4,7-16H2. The number of hydrogen-bond acceptors (Lipinski definition) is 9. The van der Waals surface area contributed by atoms with Crippen LogP contribution in [-0.2, 0) is 33.5 Å². The molecule has 32 heavy (non-hydrogen) atoms. The molecule has 3 amide bonds. The second-order valence-corrected chi connectivity index (χ2v) is 7.62. The molecule has 0 aromatic carbocycles. The van der Waals surface area contributed by atoms with Crippen LogP contribution in [0.3, 0.4) is 0 Å². The molecule has 180 valence electrons. The van der Waals surface area contributed by atoms with Gasteiger partial charge in [-0.1, -0.05) is 5.06 Å². The van der Waals surface area contributed by atoms with Crippen LogP contribution in [0.2, 0.25) is 0 Å². The van der Waals surface area contributed by atoms with Crippen molar-refractivity contribution in [2.75, 3.05) is 39.5 Å². The fraction of sp³-hybridized carbons (Fsp3) is 0.714. The summed E-state index contributed by atoms with van der Waals surface area (Å²) in [6.45, 7) is 1.83. The highest BCUT2D eigenvalue weighted by Gasteiger charge is 2.38. The van der Waals surface area contributed by atoms with Crippen LogP contribution >= 0.6 is 0 Å². The van der Waals surface area contributed by atoms with E-state index >= 15 is 0 Å². The van der Waals surface area contributed by atoms with Crippen LogP contribution < -0.4 is 0 Å². The quantitative estimate of drug-likeness (QED) is 0.210. The SMILES string of the molecule is O=C(CCC(=O)N1CCC(OCCCCO)(OCCCCO)CC1)ON1C(=O)C=CC1=O. The summed E-state index contributed by atoms with van der Waals surface area (Å²) in [4.78, 5) is 53.5. The third-order valence-corrected chi connectivity index (χ3v) is 5.22. The number of imide groups is 1. The Bertz CT molecular complexity index is 655. The normalized spacial score (nSPS) is 17.8. The summed E-state index contributed by atoms with van der Waals surface area (Å²) in [6.07, 6.45) is 5.21. The molecule has 0 atom stereocenters. The van der Waals surface area contributed by atoms with Gasteiger partial charge in [0.05, 0.1) is 19.6 Å². The lowest BCUT2D eigenvalue weighted by Crippen LogP contribution is -2.50. The number of aliphatic hydroxyl groups excluding tert-OH is 2. The minimum Gasteiger partial charge on any atom is -0.396 e. The molecule has 2 heterocycles. The first kappa shape index (κ1) is 25.9. The van der Waals surface area contributed by atoms with E-state index in [-0.39, 0.29) is 32.0 Å². The van der Waals surface area contributed by atoms with Crippen molar-refractivity contribution >= 4 is 23.7 Å². The summed E-state index contributed by atoms with van der Waals surface area (Å²) in [6, 6.07) is 0. The van der Waals surface area contributed by atoms with E-state index in [9.17, 15) is 19.2 Å². The van der Waals surface area contributed by atoms with Gasteiger partial charge in [-0.2, -0.15) is 0 Å². The number of carbonyl (C=O) groups is 4. The first-order valence-electron chi connectivity index (χ1n) is 10.9. The molecule has 1 saturated heterocycles. The van der Waals surface area contributed by atoms with Crippen LogP contribution in [0.15, 0.2) is 12.2 Å². The summed E-state index contributed by atoms with van der Waals surface area (Å²) in [5, 5.41) is 18.2. The second kappa shape index (κ2) is 13.3. The number of rotatable bonds is 14. The van der Waals surface area contributed by atoms with Gasteiger partial charge in [0.15, 0.2) is 5.79 Å². The second-order valence-electron chi connectivity index (χ2n) is 7.62. The molecule has 0 unspecified atom stereocenters. The average molecular weight is 456 g/mol. The number of likely N-dealkylation sites (tertiary alicyclic amines) is 1. The van der Waals surface area contributed by atoms with Gasteiger partial charge in [0, 0.05) is 57.7 Å². The minimum absolute atomic E-state index is 0.0923. The maximum Gasteiger partial charge on any atom is 0.333 e. The molecule has 0 radical (unpaired) electrons.